The Labute approximate surface area is 329 Å². The molecular formula is C44H91N2O6P. The lowest BCUT2D eigenvalue weighted by atomic mass is 10.0. The van der Waals surface area contributed by atoms with E-state index in [-0.39, 0.29) is 19.1 Å². The summed E-state index contributed by atoms with van der Waals surface area (Å²) in [6, 6.07) is -0.791. The van der Waals surface area contributed by atoms with Crippen LogP contribution in [-0.4, -0.2) is 68.5 Å². The molecule has 9 heteroatoms. The topological polar surface area (TPSA) is 108 Å². The van der Waals surface area contributed by atoms with Crippen molar-refractivity contribution in [2.45, 2.75) is 238 Å². The first-order chi connectivity index (χ1) is 25.5. The van der Waals surface area contributed by atoms with E-state index in [0.717, 1.165) is 38.5 Å². The van der Waals surface area contributed by atoms with E-state index in [2.05, 4.69) is 19.2 Å². The van der Waals surface area contributed by atoms with Gasteiger partial charge in [-0.25, -0.2) is 0 Å². The minimum Gasteiger partial charge on any atom is -0.756 e. The van der Waals surface area contributed by atoms with Crippen LogP contribution in [-0.2, 0) is 18.4 Å². The zero-order valence-corrected chi connectivity index (χ0v) is 36.9. The summed E-state index contributed by atoms with van der Waals surface area (Å²) in [5, 5.41) is 13.9. The number of unbranched alkanes of at least 4 members (excludes halogenated alkanes) is 29. The number of likely N-dealkylation sites (N-methyl/N-ethyl adjacent to an activating group) is 1. The van der Waals surface area contributed by atoms with Crippen LogP contribution in [0.4, 0.5) is 0 Å². The molecule has 0 aliphatic carbocycles. The van der Waals surface area contributed by atoms with E-state index in [1.54, 1.807) is 0 Å². The molecule has 3 unspecified atom stereocenters. The van der Waals surface area contributed by atoms with Gasteiger partial charge in [-0.05, 0) is 12.8 Å². The molecule has 2 N–H and O–H groups in total. The second-order valence-electron chi connectivity index (χ2n) is 17.1. The van der Waals surface area contributed by atoms with Crippen molar-refractivity contribution in [1.29, 1.82) is 0 Å². The number of amides is 1. The molecule has 0 fully saturated rings. The Morgan fingerprint density at radius 2 is 0.925 bits per heavy atom. The minimum atomic E-state index is -4.55. The number of carbonyl (C=O) groups is 1. The van der Waals surface area contributed by atoms with Crippen LogP contribution in [0.3, 0.4) is 0 Å². The SMILES string of the molecule is CCCCCCCCCCCCCCCCCCCCCCCCCC(O)C(COP(=O)([O-])OCC[N+](C)(C)C)NC(=O)CCCCCCCCCC. The van der Waals surface area contributed by atoms with Crippen LogP contribution < -0.4 is 10.2 Å². The van der Waals surface area contributed by atoms with Gasteiger partial charge in [-0.1, -0.05) is 206 Å². The average Bonchev–Trinajstić information content (AvgIpc) is 3.10. The third-order valence-corrected chi connectivity index (χ3v) is 11.6. The van der Waals surface area contributed by atoms with Gasteiger partial charge in [-0.15, -0.1) is 0 Å². The van der Waals surface area contributed by atoms with E-state index in [4.69, 9.17) is 9.05 Å². The molecule has 0 aromatic carbocycles. The number of quaternary nitrogens is 1. The van der Waals surface area contributed by atoms with Crippen LogP contribution in [0.25, 0.3) is 0 Å². The number of hydrogen-bond donors (Lipinski definition) is 2. The molecular weight excluding hydrogens is 683 g/mol. The Bertz CT molecular complexity index is 839. The lowest BCUT2D eigenvalue weighted by Crippen LogP contribution is -2.46. The first-order valence-corrected chi connectivity index (χ1v) is 24.3. The summed E-state index contributed by atoms with van der Waals surface area (Å²) in [6.07, 6.45) is 39.8. The molecule has 0 aromatic rings. The third kappa shape index (κ3) is 39.5. The van der Waals surface area contributed by atoms with Crippen molar-refractivity contribution in [1.82, 2.24) is 5.32 Å². The highest BCUT2D eigenvalue weighted by atomic mass is 31.2. The van der Waals surface area contributed by atoms with Gasteiger partial charge in [0.25, 0.3) is 7.82 Å². The van der Waals surface area contributed by atoms with Crippen molar-refractivity contribution in [2.75, 3.05) is 40.9 Å². The van der Waals surface area contributed by atoms with E-state index in [1.807, 2.05) is 21.1 Å². The van der Waals surface area contributed by atoms with Gasteiger partial charge >= 0.3 is 0 Å². The Kier molecular flexibility index (Phi) is 36.7. The molecule has 0 heterocycles. The van der Waals surface area contributed by atoms with Crippen LogP contribution in [0.5, 0.6) is 0 Å². The van der Waals surface area contributed by atoms with Gasteiger partial charge in [0.05, 0.1) is 39.9 Å². The van der Waals surface area contributed by atoms with Gasteiger partial charge in [-0.3, -0.25) is 9.36 Å². The van der Waals surface area contributed by atoms with Gasteiger partial charge in [-0.2, -0.15) is 0 Å². The lowest BCUT2D eigenvalue weighted by Gasteiger charge is -2.30. The molecule has 1 amide bonds. The number of aliphatic hydroxyl groups is 1. The molecule has 0 rings (SSSR count). The summed E-state index contributed by atoms with van der Waals surface area (Å²) in [5.74, 6) is -0.167. The first-order valence-electron chi connectivity index (χ1n) is 22.9. The average molecular weight is 775 g/mol. The van der Waals surface area contributed by atoms with Crippen molar-refractivity contribution in [3.05, 3.63) is 0 Å². The quantitative estimate of drug-likeness (QED) is 0.0363. The summed E-state index contributed by atoms with van der Waals surface area (Å²) in [6.45, 7) is 4.70. The van der Waals surface area contributed by atoms with Crippen LogP contribution in [0.2, 0.25) is 0 Å². The van der Waals surface area contributed by atoms with Gasteiger partial charge in [0.2, 0.25) is 5.91 Å². The normalized spacial score (nSPS) is 14.3. The maximum atomic E-state index is 12.8. The van der Waals surface area contributed by atoms with Crippen LogP contribution in [0.15, 0.2) is 0 Å². The van der Waals surface area contributed by atoms with E-state index in [0.29, 0.717) is 23.9 Å². The molecule has 3 atom stereocenters. The maximum Gasteiger partial charge on any atom is 0.268 e. The molecule has 53 heavy (non-hydrogen) atoms. The second kappa shape index (κ2) is 37.1. The standard InChI is InChI=1S/C44H91N2O6P/c1-6-8-10-12-14-16-17-18-19-20-21-22-23-24-25-26-27-28-29-30-31-33-35-37-43(47)42(41-52-53(49,50)51-40-39-46(3,4)5)45-44(48)38-36-34-32-15-13-11-9-7-2/h42-43,47H,6-41H2,1-5H3,(H-,45,48,49,50). The molecule has 0 aliphatic heterocycles. The van der Waals surface area contributed by atoms with Crippen LogP contribution in [0.1, 0.15) is 226 Å². The van der Waals surface area contributed by atoms with Crippen LogP contribution >= 0.6 is 7.82 Å². The van der Waals surface area contributed by atoms with Gasteiger partial charge in [0.15, 0.2) is 0 Å². The Morgan fingerprint density at radius 3 is 1.28 bits per heavy atom. The Hall–Kier alpha value is -0.500. The second-order valence-corrected chi connectivity index (χ2v) is 18.5. The number of nitrogens with one attached hydrogen (secondary N) is 1. The van der Waals surface area contributed by atoms with E-state index < -0.39 is 20.0 Å². The smallest absolute Gasteiger partial charge is 0.268 e. The first kappa shape index (κ1) is 52.5. The van der Waals surface area contributed by atoms with Crippen LogP contribution in [0, 0.1) is 0 Å². The van der Waals surface area contributed by atoms with Gasteiger partial charge in [0.1, 0.15) is 13.2 Å². The third-order valence-electron chi connectivity index (χ3n) is 10.6. The number of carbonyl (C=O) groups excluding carboxylic acids is 1. The Morgan fingerprint density at radius 1 is 0.585 bits per heavy atom. The number of phosphoric ester groups is 1. The summed E-state index contributed by atoms with van der Waals surface area (Å²) >= 11 is 0. The lowest BCUT2D eigenvalue weighted by molar-refractivity contribution is -0.870. The highest BCUT2D eigenvalue weighted by molar-refractivity contribution is 7.45. The largest absolute Gasteiger partial charge is 0.756 e. The fourth-order valence-corrected chi connectivity index (χ4v) is 7.65. The van der Waals surface area contributed by atoms with Crippen molar-refractivity contribution < 1.29 is 32.9 Å². The van der Waals surface area contributed by atoms with Gasteiger partial charge in [0, 0.05) is 6.42 Å². The maximum absolute atomic E-state index is 12.8. The number of rotatable bonds is 42. The molecule has 8 nitrogen and oxygen atoms in total. The molecule has 0 radical (unpaired) electrons. The fraction of sp³-hybridized carbons (Fsp3) is 0.977. The highest BCUT2D eigenvalue weighted by Crippen LogP contribution is 2.38. The molecule has 318 valence electrons. The Balaban J connectivity index is 4.12. The number of phosphoric acid groups is 1. The van der Waals surface area contributed by atoms with E-state index in [1.165, 1.54) is 161 Å². The fourth-order valence-electron chi connectivity index (χ4n) is 6.92. The predicted molar refractivity (Wildman–Crippen MR) is 224 cm³/mol. The number of aliphatic hydroxyl groups excluding tert-OH is 1. The highest BCUT2D eigenvalue weighted by Gasteiger charge is 2.24. The minimum absolute atomic E-state index is 0.0157. The molecule has 0 bridgehead atoms. The summed E-state index contributed by atoms with van der Waals surface area (Å²) in [5.41, 5.74) is 0. The molecule has 0 saturated carbocycles. The van der Waals surface area contributed by atoms with E-state index in [9.17, 15) is 19.4 Å². The summed E-state index contributed by atoms with van der Waals surface area (Å²) in [7, 11) is 1.31. The zero-order valence-electron chi connectivity index (χ0n) is 36.0. The predicted octanol–water partition coefficient (Wildman–Crippen LogP) is 12.0. The summed E-state index contributed by atoms with van der Waals surface area (Å²) in [4.78, 5) is 25.2. The number of hydrogen-bond acceptors (Lipinski definition) is 6. The van der Waals surface area contributed by atoms with Crippen molar-refractivity contribution in [2.24, 2.45) is 0 Å². The van der Waals surface area contributed by atoms with Crippen molar-refractivity contribution in [3.63, 3.8) is 0 Å². The summed E-state index contributed by atoms with van der Waals surface area (Å²) < 4.78 is 23.2. The molecule has 0 spiro atoms. The van der Waals surface area contributed by atoms with Gasteiger partial charge < -0.3 is 28.8 Å². The monoisotopic (exact) mass is 775 g/mol. The van der Waals surface area contributed by atoms with E-state index >= 15 is 0 Å². The molecule has 0 aliphatic rings. The number of nitrogens with zero attached hydrogens (tertiary/aromatic N) is 1. The zero-order chi connectivity index (χ0) is 39.3. The van der Waals surface area contributed by atoms with Crippen molar-refractivity contribution >= 4 is 13.7 Å². The van der Waals surface area contributed by atoms with Crippen molar-refractivity contribution in [3.8, 4) is 0 Å². The molecule has 0 saturated heterocycles. The molecule has 0 aromatic heterocycles.